The van der Waals surface area contributed by atoms with E-state index in [-0.39, 0.29) is 12.5 Å². The van der Waals surface area contributed by atoms with Crippen molar-refractivity contribution in [1.29, 1.82) is 0 Å². The molecule has 1 aromatic carbocycles. The third-order valence-electron chi connectivity index (χ3n) is 3.03. The Labute approximate surface area is 119 Å². The first-order valence-corrected chi connectivity index (χ1v) is 6.68. The van der Waals surface area contributed by atoms with Gasteiger partial charge in [0.1, 0.15) is 5.54 Å². The topological polar surface area (TPSA) is 69.6 Å². The summed E-state index contributed by atoms with van der Waals surface area (Å²) >= 11 is 3.31. The zero-order valence-electron chi connectivity index (χ0n) is 10.7. The molecule has 0 aromatic heterocycles. The zero-order valence-corrected chi connectivity index (χ0v) is 12.3. The smallest absolute Gasteiger partial charge is 0.325 e. The fourth-order valence-electron chi connectivity index (χ4n) is 1.98. The number of nitrogens with one attached hydrogen (secondary N) is 1. The lowest BCUT2D eigenvalue weighted by Crippen LogP contribution is -2.40. The number of carbonyl (C=O) groups excluding carboxylic acids is 2. The number of carbonyl (C=O) groups is 2. The number of urea groups is 1. The third-order valence-corrected chi connectivity index (χ3v) is 3.53. The van der Waals surface area contributed by atoms with Crippen LogP contribution in [-0.2, 0) is 4.79 Å². The first kappa shape index (κ1) is 14.0. The molecule has 1 fully saturated rings. The number of β-amino-alcohol motifs (C(OH)–C–C–N with tert-alkyl or cyclic N) is 1. The van der Waals surface area contributed by atoms with Gasteiger partial charge < -0.3 is 10.4 Å². The number of hydrogen-bond donors (Lipinski definition) is 2. The Kier molecular flexibility index (Phi) is 3.64. The van der Waals surface area contributed by atoms with Gasteiger partial charge in [-0.3, -0.25) is 9.69 Å². The maximum absolute atomic E-state index is 12.0. The number of imide groups is 1. The van der Waals surface area contributed by atoms with E-state index >= 15 is 0 Å². The van der Waals surface area contributed by atoms with Gasteiger partial charge in [-0.1, -0.05) is 28.1 Å². The van der Waals surface area contributed by atoms with Gasteiger partial charge in [0, 0.05) is 4.47 Å². The molecule has 102 valence electrons. The summed E-state index contributed by atoms with van der Waals surface area (Å²) in [4.78, 5) is 24.7. The second kappa shape index (κ2) is 4.94. The Morgan fingerprint density at radius 2 is 2.11 bits per heavy atom. The van der Waals surface area contributed by atoms with Crippen LogP contribution in [0.3, 0.4) is 0 Å². The molecule has 0 spiro atoms. The number of halogens is 1. The monoisotopic (exact) mass is 326 g/mol. The van der Waals surface area contributed by atoms with E-state index in [0.29, 0.717) is 5.56 Å². The van der Waals surface area contributed by atoms with Crippen LogP contribution in [0, 0.1) is 0 Å². The van der Waals surface area contributed by atoms with Gasteiger partial charge in [0.05, 0.1) is 12.6 Å². The van der Waals surface area contributed by atoms with Crippen LogP contribution in [0.2, 0.25) is 0 Å². The number of aliphatic hydroxyl groups excluding tert-OH is 1. The molecule has 3 amide bonds. The van der Waals surface area contributed by atoms with Crippen LogP contribution in [0.5, 0.6) is 0 Å². The number of hydrogen-bond acceptors (Lipinski definition) is 3. The van der Waals surface area contributed by atoms with E-state index in [2.05, 4.69) is 21.2 Å². The van der Waals surface area contributed by atoms with Crippen molar-refractivity contribution in [3.05, 3.63) is 34.3 Å². The molecule has 1 saturated heterocycles. The van der Waals surface area contributed by atoms with Crippen molar-refractivity contribution in [2.45, 2.75) is 25.5 Å². The van der Waals surface area contributed by atoms with Gasteiger partial charge in [-0.05, 0) is 31.5 Å². The van der Waals surface area contributed by atoms with Gasteiger partial charge in [0.15, 0.2) is 0 Å². The normalized spacial score (nSPS) is 19.5. The first-order chi connectivity index (χ1) is 8.81. The molecule has 1 aliphatic heterocycles. The Hall–Kier alpha value is -1.40. The van der Waals surface area contributed by atoms with Crippen LogP contribution < -0.4 is 5.32 Å². The molecule has 5 nitrogen and oxygen atoms in total. The minimum absolute atomic E-state index is 0.0510. The second-order valence-electron chi connectivity index (χ2n) is 5.04. The molecule has 6 heteroatoms. The van der Waals surface area contributed by atoms with Crippen LogP contribution in [0.25, 0.3) is 0 Å². The Bertz CT molecular complexity index is 530. The van der Waals surface area contributed by atoms with Crippen molar-refractivity contribution in [3.8, 4) is 0 Å². The molecule has 0 bridgehead atoms. The van der Waals surface area contributed by atoms with Crippen molar-refractivity contribution >= 4 is 27.9 Å². The predicted octanol–water partition coefficient (Wildman–Crippen LogP) is 1.81. The second-order valence-corrected chi connectivity index (χ2v) is 5.96. The third kappa shape index (κ3) is 2.79. The van der Waals surface area contributed by atoms with Crippen molar-refractivity contribution < 1.29 is 14.7 Å². The van der Waals surface area contributed by atoms with E-state index in [4.69, 9.17) is 0 Å². The zero-order chi connectivity index (χ0) is 14.2. The highest BCUT2D eigenvalue weighted by Gasteiger charge is 2.44. The molecule has 0 aliphatic carbocycles. The number of rotatable bonds is 3. The molecular formula is C13H15BrN2O3. The fraction of sp³-hybridized carbons (Fsp3) is 0.385. The van der Waals surface area contributed by atoms with E-state index in [0.717, 1.165) is 9.37 Å². The lowest BCUT2D eigenvalue weighted by atomic mass is 10.1. The molecule has 1 aromatic rings. The van der Waals surface area contributed by atoms with Crippen LogP contribution in [-0.4, -0.2) is 34.0 Å². The Morgan fingerprint density at radius 1 is 1.42 bits per heavy atom. The standard InChI is InChI=1S/C13H15BrN2O3/c1-13(2)11(18)16(12(19)15-13)7-10(17)8-4-3-5-9(14)6-8/h3-6,10,17H,7H2,1-2H3,(H,15,19). The van der Waals surface area contributed by atoms with Gasteiger partial charge in [0.2, 0.25) is 0 Å². The number of aliphatic hydroxyl groups is 1. The van der Waals surface area contributed by atoms with Gasteiger partial charge >= 0.3 is 6.03 Å². The lowest BCUT2D eigenvalue weighted by molar-refractivity contribution is -0.131. The van der Waals surface area contributed by atoms with Crippen LogP contribution in [0.1, 0.15) is 25.5 Å². The van der Waals surface area contributed by atoms with Crippen molar-refractivity contribution in [1.82, 2.24) is 10.2 Å². The summed E-state index contributed by atoms with van der Waals surface area (Å²) in [5.41, 5.74) is -0.256. The minimum atomic E-state index is -0.909. The molecule has 1 unspecified atom stereocenters. The SMILES string of the molecule is CC1(C)NC(=O)N(CC(O)c2cccc(Br)c2)C1=O. The molecular weight excluding hydrogens is 312 g/mol. The Balaban J connectivity index is 2.14. The molecule has 1 atom stereocenters. The molecule has 1 aliphatic rings. The minimum Gasteiger partial charge on any atom is -0.387 e. The molecule has 1 heterocycles. The summed E-state index contributed by atoms with van der Waals surface area (Å²) in [6.07, 6.45) is -0.902. The van der Waals surface area contributed by atoms with Crippen molar-refractivity contribution in [3.63, 3.8) is 0 Å². The maximum Gasteiger partial charge on any atom is 0.325 e. The Morgan fingerprint density at radius 3 is 2.63 bits per heavy atom. The van der Waals surface area contributed by atoms with Crippen molar-refractivity contribution in [2.24, 2.45) is 0 Å². The summed E-state index contributed by atoms with van der Waals surface area (Å²) in [5.74, 6) is -0.327. The molecule has 2 rings (SSSR count). The molecule has 0 saturated carbocycles. The summed E-state index contributed by atoms with van der Waals surface area (Å²) < 4.78 is 0.835. The van der Waals surface area contributed by atoms with Gasteiger partial charge in [0.25, 0.3) is 5.91 Å². The highest BCUT2D eigenvalue weighted by atomic mass is 79.9. The average Bonchev–Trinajstić information content (AvgIpc) is 2.51. The average molecular weight is 327 g/mol. The number of amides is 3. The quantitative estimate of drug-likeness (QED) is 0.832. The van der Waals surface area contributed by atoms with Crippen LogP contribution in [0.15, 0.2) is 28.7 Å². The summed E-state index contributed by atoms with van der Waals surface area (Å²) in [6, 6.07) is 6.67. The van der Waals surface area contributed by atoms with Gasteiger partial charge in [-0.25, -0.2) is 4.79 Å². The largest absolute Gasteiger partial charge is 0.387 e. The van der Waals surface area contributed by atoms with E-state index in [1.807, 2.05) is 6.07 Å². The lowest BCUT2D eigenvalue weighted by Gasteiger charge is -2.19. The summed E-state index contributed by atoms with van der Waals surface area (Å²) in [6.45, 7) is 3.22. The predicted molar refractivity (Wildman–Crippen MR) is 73.4 cm³/mol. The van der Waals surface area contributed by atoms with Gasteiger partial charge in [-0.15, -0.1) is 0 Å². The first-order valence-electron chi connectivity index (χ1n) is 5.89. The van der Waals surface area contributed by atoms with E-state index in [1.54, 1.807) is 32.0 Å². The number of nitrogens with zero attached hydrogens (tertiary/aromatic N) is 1. The summed E-state index contributed by atoms with van der Waals surface area (Å²) in [7, 11) is 0. The van der Waals surface area contributed by atoms with Crippen LogP contribution in [0.4, 0.5) is 4.79 Å². The maximum atomic E-state index is 12.0. The molecule has 2 N–H and O–H groups in total. The van der Waals surface area contributed by atoms with E-state index < -0.39 is 17.7 Å². The summed E-state index contributed by atoms with van der Waals surface area (Å²) in [5, 5.41) is 12.7. The van der Waals surface area contributed by atoms with Crippen molar-refractivity contribution in [2.75, 3.05) is 6.54 Å². The van der Waals surface area contributed by atoms with E-state index in [1.165, 1.54) is 0 Å². The highest BCUT2D eigenvalue weighted by Crippen LogP contribution is 2.23. The highest BCUT2D eigenvalue weighted by molar-refractivity contribution is 9.10. The molecule has 19 heavy (non-hydrogen) atoms. The van der Waals surface area contributed by atoms with E-state index in [9.17, 15) is 14.7 Å². The fourth-order valence-corrected chi connectivity index (χ4v) is 2.39. The molecule has 0 radical (unpaired) electrons. The van der Waals surface area contributed by atoms with Crippen LogP contribution >= 0.6 is 15.9 Å². The van der Waals surface area contributed by atoms with Gasteiger partial charge in [-0.2, -0.15) is 0 Å². The number of benzene rings is 1.